The van der Waals surface area contributed by atoms with Crippen molar-refractivity contribution in [2.24, 2.45) is 0 Å². The van der Waals surface area contributed by atoms with Crippen LogP contribution in [-0.2, 0) is 6.54 Å². The summed E-state index contributed by atoms with van der Waals surface area (Å²) in [6.07, 6.45) is 2.08. The van der Waals surface area contributed by atoms with Crippen molar-refractivity contribution < 1.29 is 4.92 Å². The molecule has 0 aliphatic carbocycles. The van der Waals surface area contributed by atoms with Crippen LogP contribution < -0.4 is 5.32 Å². The fourth-order valence-corrected chi connectivity index (χ4v) is 2.17. The van der Waals surface area contributed by atoms with E-state index in [0.717, 1.165) is 24.4 Å². The number of hydrogen-bond acceptors (Lipinski definition) is 5. The van der Waals surface area contributed by atoms with Crippen molar-refractivity contribution in [2.45, 2.75) is 6.54 Å². The molecule has 1 rings (SSSR count). The lowest BCUT2D eigenvalue weighted by atomic mass is 10.1. The van der Waals surface area contributed by atoms with Gasteiger partial charge in [-0.15, -0.1) is 0 Å². The van der Waals surface area contributed by atoms with Gasteiger partial charge in [0.15, 0.2) is 0 Å². The van der Waals surface area contributed by atoms with Crippen LogP contribution in [0.2, 0.25) is 0 Å². The van der Waals surface area contributed by atoms with Crippen LogP contribution in [0.25, 0.3) is 0 Å². The molecule has 1 aromatic rings. The second-order valence-corrected chi connectivity index (χ2v) is 5.07. The summed E-state index contributed by atoms with van der Waals surface area (Å²) in [7, 11) is 3.75. The molecule has 0 aliphatic heterocycles. The quantitative estimate of drug-likeness (QED) is 0.608. The number of thioether (sulfide) groups is 1. The first-order valence-corrected chi connectivity index (χ1v) is 7.10. The highest BCUT2D eigenvalue weighted by molar-refractivity contribution is 7.98. The van der Waals surface area contributed by atoms with E-state index in [1.165, 1.54) is 0 Å². The largest absolute Gasteiger partial charge is 0.383 e. The van der Waals surface area contributed by atoms with Crippen LogP contribution >= 0.6 is 11.8 Å². The Bertz CT molecular complexity index is 412. The molecule has 0 aliphatic rings. The highest BCUT2D eigenvalue weighted by Crippen LogP contribution is 2.25. The Hall–Kier alpha value is -1.27. The van der Waals surface area contributed by atoms with Crippen LogP contribution in [0.1, 0.15) is 5.56 Å². The number of hydrogen-bond donors (Lipinski definition) is 1. The molecule has 100 valence electrons. The second kappa shape index (κ2) is 7.23. The molecule has 0 bridgehead atoms. The van der Waals surface area contributed by atoms with Crippen LogP contribution in [0.4, 0.5) is 11.4 Å². The summed E-state index contributed by atoms with van der Waals surface area (Å²) < 4.78 is 0. The molecule has 0 aromatic heterocycles. The molecule has 0 saturated carbocycles. The van der Waals surface area contributed by atoms with Crippen LogP contribution in [0.15, 0.2) is 18.2 Å². The van der Waals surface area contributed by atoms with Gasteiger partial charge in [-0.25, -0.2) is 0 Å². The SMILES string of the molecule is CNc1cc(CN(C)CCSC)ccc1[N+](=O)[O-]. The molecule has 0 unspecified atom stereocenters. The summed E-state index contributed by atoms with van der Waals surface area (Å²) in [5.41, 5.74) is 1.76. The Morgan fingerprint density at radius 1 is 1.50 bits per heavy atom. The van der Waals surface area contributed by atoms with Gasteiger partial charge in [-0.2, -0.15) is 11.8 Å². The van der Waals surface area contributed by atoms with E-state index in [9.17, 15) is 10.1 Å². The smallest absolute Gasteiger partial charge is 0.292 e. The van der Waals surface area contributed by atoms with Crippen molar-refractivity contribution in [3.8, 4) is 0 Å². The van der Waals surface area contributed by atoms with Crippen LogP contribution in [0.5, 0.6) is 0 Å². The molecule has 0 saturated heterocycles. The molecule has 1 N–H and O–H groups in total. The Labute approximate surface area is 112 Å². The highest BCUT2D eigenvalue weighted by Gasteiger charge is 2.13. The van der Waals surface area contributed by atoms with Gasteiger partial charge in [0.2, 0.25) is 0 Å². The van der Waals surface area contributed by atoms with Crippen molar-refractivity contribution in [3.05, 3.63) is 33.9 Å². The van der Waals surface area contributed by atoms with Gasteiger partial charge >= 0.3 is 0 Å². The molecular weight excluding hydrogens is 250 g/mol. The summed E-state index contributed by atoms with van der Waals surface area (Å²) in [4.78, 5) is 12.6. The number of nitrogens with one attached hydrogen (secondary N) is 1. The Kier molecular flexibility index (Phi) is 5.94. The summed E-state index contributed by atoms with van der Waals surface area (Å²) in [6, 6.07) is 5.21. The third-order valence-electron chi connectivity index (χ3n) is 2.66. The predicted octanol–water partition coefficient (Wildman–Crippen LogP) is 2.43. The molecule has 0 atom stereocenters. The first kappa shape index (κ1) is 14.8. The van der Waals surface area contributed by atoms with Crippen LogP contribution in [0.3, 0.4) is 0 Å². The molecule has 0 radical (unpaired) electrons. The Morgan fingerprint density at radius 2 is 2.22 bits per heavy atom. The summed E-state index contributed by atoms with van der Waals surface area (Å²) in [5, 5.41) is 13.7. The van der Waals surface area contributed by atoms with Gasteiger partial charge in [0.25, 0.3) is 5.69 Å². The molecule has 0 fully saturated rings. The molecular formula is C12H19N3O2S. The predicted molar refractivity (Wildman–Crippen MR) is 77.4 cm³/mol. The van der Waals surface area contributed by atoms with Gasteiger partial charge in [0.05, 0.1) is 4.92 Å². The minimum absolute atomic E-state index is 0.119. The van der Waals surface area contributed by atoms with E-state index in [1.807, 2.05) is 23.9 Å². The summed E-state index contributed by atoms with van der Waals surface area (Å²) in [6.45, 7) is 1.81. The van der Waals surface area contributed by atoms with Gasteiger partial charge in [0.1, 0.15) is 5.69 Å². The monoisotopic (exact) mass is 269 g/mol. The highest BCUT2D eigenvalue weighted by atomic mass is 32.2. The first-order chi connectivity index (χ1) is 8.58. The Morgan fingerprint density at radius 3 is 2.78 bits per heavy atom. The van der Waals surface area contributed by atoms with Gasteiger partial charge in [0, 0.05) is 32.0 Å². The number of anilines is 1. The number of nitrogens with zero attached hydrogens (tertiary/aromatic N) is 2. The van der Waals surface area contributed by atoms with Crippen molar-refractivity contribution in [3.63, 3.8) is 0 Å². The molecule has 0 spiro atoms. The lowest BCUT2D eigenvalue weighted by Crippen LogP contribution is -2.20. The third kappa shape index (κ3) is 4.19. The van der Waals surface area contributed by atoms with Crippen molar-refractivity contribution in [2.75, 3.05) is 38.0 Å². The fourth-order valence-electron chi connectivity index (χ4n) is 1.68. The number of rotatable bonds is 7. The summed E-state index contributed by atoms with van der Waals surface area (Å²) in [5.74, 6) is 1.09. The zero-order valence-electron chi connectivity index (χ0n) is 11.0. The standard InChI is InChI=1S/C12H19N3O2S/c1-13-11-8-10(4-5-12(11)15(16)17)9-14(2)6-7-18-3/h4-5,8,13H,6-7,9H2,1-3H3. The molecule has 5 nitrogen and oxygen atoms in total. The number of nitro groups is 1. The maximum absolute atomic E-state index is 10.8. The summed E-state index contributed by atoms with van der Waals surface area (Å²) >= 11 is 1.81. The third-order valence-corrected chi connectivity index (χ3v) is 3.25. The number of benzene rings is 1. The minimum Gasteiger partial charge on any atom is -0.383 e. The van der Waals surface area contributed by atoms with Gasteiger partial charge < -0.3 is 10.2 Å². The fraction of sp³-hybridized carbons (Fsp3) is 0.500. The molecule has 0 heterocycles. The van der Waals surface area contributed by atoms with E-state index in [1.54, 1.807) is 13.1 Å². The van der Waals surface area contributed by atoms with Gasteiger partial charge in [-0.1, -0.05) is 6.07 Å². The molecule has 1 aromatic carbocycles. The van der Waals surface area contributed by atoms with Crippen molar-refractivity contribution in [1.29, 1.82) is 0 Å². The van der Waals surface area contributed by atoms with E-state index in [-0.39, 0.29) is 10.6 Å². The normalized spacial score (nSPS) is 10.7. The van der Waals surface area contributed by atoms with Gasteiger partial charge in [-0.05, 0) is 24.9 Å². The van der Waals surface area contributed by atoms with E-state index in [2.05, 4.69) is 23.5 Å². The zero-order valence-corrected chi connectivity index (χ0v) is 11.8. The van der Waals surface area contributed by atoms with E-state index in [4.69, 9.17) is 0 Å². The van der Waals surface area contributed by atoms with Crippen LogP contribution in [0, 0.1) is 10.1 Å². The topological polar surface area (TPSA) is 58.4 Å². The minimum atomic E-state index is -0.368. The number of nitro benzene ring substituents is 1. The van der Waals surface area contributed by atoms with Crippen molar-refractivity contribution >= 4 is 23.1 Å². The average molecular weight is 269 g/mol. The molecule has 0 amide bonds. The maximum Gasteiger partial charge on any atom is 0.292 e. The van der Waals surface area contributed by atoms with E-state index < -0.39 is 0 Å². The first-order valence-electron chi connectivity index (χ1n) is 5.71. The zero-order chi connectivity index (χ0) is 13.5. The van der Waals surface area contributed by atoms with E-state index >= 15 is 0 Å². The second-order valence-electron chi connectivity index (χ2n) is 4.09. The van der Waals surface area contributed by atoms with E-state index in [0.29, 0.717) is 5.69 Å². The lowest BCUT2D eigenvalue weighted by molar-refractivity contribution is -0.384. The molecule has 18 heavy (non-hydrogen) atoms. The van der Waals surface area contributed by atoms with Crippen LogP contribution in [-0.4, -0.2) is 42.5 Å². The van der Waals surface area contributed by atoms with Gasteiger partial charge in [-0.3, -0.25) is 10.1 Å². The lowest BCUT2D eigenvalue weighted by Gasteiger charge is -2.16. The average Bonchev–Trinajstić information content (AvgIpc) is 2.35. The Balaban J connectivity index is 2.76. The maximum atomic E-state index is 10.8. The van der Waals surface area contributed by atoms with Crippen molar-refractivity contribution in [1.82, 2.24) is 4.90 Å². The molecule has 6 heteroatoms.